The predicted octanol–water partition coefficient (Wildman–Crippen LogP) is 3.06. The molecule has 2 aliphatic heterocycles. The van der Waals surface area contributed by atoms with Crippen molar-refractivity contribution in [3.63, 3.8) is 0 Å². The summed E-state index contributed by atoms with van der Waals surface area (Å²) in [5, 5.41) is 3.75. The summed E-state index contributed by atoms with van der Waals surface area (Å²) in [7, 11) is 2.12. The van der Waals surface area contributed by atoms with E-state index in [1.165, 1.54) is 0 Å². The maximum Gasteiger partial charge on any atom is 0.254 e. The van der Waals surface area contributed by atoms with Gasteiger partial charge in [-0.1, -0.05) is 29.3 Å². The summed E-state index contributed by atoms with van der Waals surface area (Å²) in [5.41, 5.74) is 1.32. The van der Waals surface area contributed by atoms with E-state index in [0.717, 1.165) is 44.0 Å². The normalized spacial score (nSPS) is 19.3. The van der Waals surface area contributed by atoms with Gasteiger partial charge in [0.2, 0.25) is 5.91 Å². The number of hydrogen-bond donors (Lipinski definition) is 1. The summed E-state index contributed by atoms with van der Waals surface area (Å²) in [6, 6.07) is 8.23. The number of likely N-dealkylation sites (tertiary alicyclic amines) is 1. The third kappa shape index (κ3) is 5.34. The fraction of sp³-hybridized carbons (Fsp3) is 0.435. The number of amides is 2. The van der Waals surface area contributed by atoms with Gasteiger partial charge in [0.15, 0.2) is 0 Å². The molecule has 1 atom stereocenters. The molecular formula is C23H27Cl2N5O2. The summed E-state index contributed by atoms with van der Waals surface area (Å²) in [6.45, 7) is 4.87. The molecule has 2 aliphatic rings. The first-order chi connectivity index (χ1) is 15.4. The first-order valence-corrected chi connectivity index (χ1v) is 11.6. The van der Waals surface area contributed by atoms with Gasteiger partial charge in [-0.25, -0.2) is 4.98 Å². The van der Waals surface area contributed by atoms with Crippen molar-refractivity contribution in [2.45, 2.75) is 25.4 Å². The Morgan fingerprint density at radius 2 is 1.78 bits per heavy atom. The predicted molar refractivity (Wildman–Crippen MR) is 126 cm³/mol. The lowest BCUT2D eigenvalue weighted by Gasteiger charge is -2.33. The maximum absolute atomic E-state index is 13.0. The number of nitrogens with zero attached hydrogens (tertiary/aromatic N) is 4. The van der Waals surface area contributed by atoms with Crippen LogP contribution in [0.3, 0.4) is 0 Å². The van der Waals surface area contributed by atoms with Crippen LogP contribution in [-0.4, -0.2) is 72.4 Å². The van der Waals surface area contributed by atoms with Crippen LogP contribution < -0.4 is 10.2 Å². The number of rotatable bonds is 5. The van der Waals surface area contributed by atoms with Gasteiger partial charge in [0.1, 0.15) is 11.9 Å². The number of nitrogens with one attached hydrogen (secondary N) is 1. The van der Waals surface area contributed by atoms with Gasteiger partial charge in [0, 0.05) is 61.1 Å². The molecule has 0 bridgehead atoms. The van der Waals surface area contributed by atoms with Crippen LogP contribution in [0.4, 0.5) is 5.82 Å². The summed E-state index contributed by atoms with van der Waals surface area (Å²) in [4.78, 5) is 36.6. The third-order valence-electron chi connectivity index (χ3n) is 6.03. The summed E-state index contributed by atoms with van der Waals surface area (Å²) < 4.78 is 0. The zero-order valence-electron chi connectivity index (χ0n) is 18.1. The largest absolute Gasteiger partial charge is 0.354 e. The SMILES string of the molecule is CN1CCN(c2ccc(CNC(=O)C3CCCN3C(=O)c3cc(Cl)cc(Cl)c3)cn2)CC1. The number of carbonyl (C=O) groups excluding carboxylic acids is 2. The van der Waals surface area contributed by atoms with Crippen LogP contribution in [0.1, 0.15) is 28.8 Å². The number of anilines is 1. The number of hydrogen-bond acceptors (Lipinski definition) is 5. The van der Waals surface area contributed by atoms with Gasteiger partial charge in [-0.2, -0.15) is 0 Å². The lowest BCUT2D eigenvalue weighted by Crippen LogP contribution is -2.45. The molecule has 2 fully saturated rings. The Kier molecular flexibility index (Phi) is 7.18. The molecule has 170 valence electrons. The van der Waals surface area contributed by atoms with Crippen LogP contribution in [0.15, 0.2) is 36.5 Å². The standard InChI is InChI=1S/C23H27Cl2N5O2/c1-28-7-9-29(10-8-28)21-5-4-16(14-26-21)15-27-22(31)20-3-2-6-30(20)23(32)17-11-18(24)13-19(25)12-17/h4-5,11-14,20H,2-3,6-10,15H2,1H3,(H,27,31). The minimum absolute atomic E-state index is 0.160. The Hall–Kier alpha value is -2.35. The van der Waals surface area contributed by atoms with Crippen LogP contribution >= 0.6 is 23.2 Å². The topological polar surface area (TPSA) is 68.8 Å². The van der Waals surface area contributed by atoms with Crippen LogP contribution in [0, 0.1) is 0 Å². The molecule has 0 spiro atoms. The molecule has 32 heavy (non-hydrogen) atoms. The molecule has 0 aliphatic carbocycles. The highest BCUT2D eigenvalue weighted by molar-refractivity contribution is 6.35. The number of likely N-dealkylation sites (N-methyl/N-ethyl adjacent to an activating group) is 1. The summed E-state index contributed by atoms with van der Waals surface area (Å²) in [5.74, 6) is 0.568. The van der Waals surface area contributed by atoms with Crippen molar-refractivity contribution < 1.29 is 9.59 Å². The number of piperazine rings is 1. The fourth-order valence-electron chi connectivity index (χ4n) is 4.18. The van der Waals surface area contributed by atoms with Gasteiger partial charge in [-0.3, -0.25) is 9.59 Å². The Morgan fingerprint density at radius 1 is 1.06 bits per heavy atom. The average molecular weight is 476 g/mol. The highest BCUT2D eigenvalue weighted by Gasteiger charge is 2.34. The monoisotopic (exact) mass is 475 g/mol. The molecule has 0 radical (unpaired) electrons. The molecule has 0 saturated carbocycles. The van der Waals surface area contributed by atoms with Gasteiger partial charge in [-0.05, 0) is 49.7 Å². The Morgan fingerprint density at radius 3 is 2.44 bits per heavy atom. The minimum atomic E-state index is -0.502. The van der Waals surface area contributed by atoms with Crippen molar-refractivity contribution >= 4 is 40.8 Å². The average Bonchev–Trinajstić information content (AvgIpc) is 3.27. The van der Waals surface area contributed by atoms with Crippen LogP contribution in [0.25, 0.3) is 0 Å². The van der Waals surface area contributed by atoms with Crippen molar-refractivity contribution in [2.75, 3.05) is 44.7 Å². The molecular weight excluding hydrogens is 449 g/mol. The first-order valence-electron chi connectivity index (χ1n) is 10.8. The van der Waals surface area contributed by atoms with Crippen molar-refractivity contribution in [1.82, 2.24) is 20.1 Å². The molecule has 2 aromatic rings. The highest BCUT2D eigenvalue weighted by atomic mass is 35.5. The Balaban J connectivity index is 1.34. The van der Waals surface area contributed by atoms with Crippen LogP contribution in [0.5, 0.6) is 0 Å². The molecule has 3 heterocycles. The Labute approximate surface area is 198 Å². The van der Waals surface area contributed by atoms with Crippen molar-refractivity contribution in [3.05, 3.63) is 57.7 Å². The van der Waals surface area contributed by atoms with Crippen LogP contribution in [-0.2, 0) is 11.3 Å². The third-order valence-corrected chi connectivity index (χ3v) is 6.47. The second kappa shape index (κ2) is 10.1. The van der Waals surface area contributed by atoms with E-state index in [-0.39, 0.29) is 11.8 Å². The van der Waals surface area contributed by atoms with Gasteiger partial charge in [0.05, 0.1) is 0 Å². The molecule has 4 rings (SSSR count). The first kappa shape index (κ1) is 22.8. The van der Waals surface area contributed by atoms with E-state index in [1.54, 1.807) is 29.3 Å². The molecule has 1 aromatic heterocycles. The van der Waals surface area contributed by atoms with Gasteiger partial charge in [0.25, 0.3) is 5.91 Å². The number of pyridine rings is 1. The summed E-state index contributed by atoms with van der Waals surface area (Å²) >= 11 is 12.1. The second-order valence-electron chi connectivity index (χ2n) is 8.35. The van der Waals surface area contributed by atoms with E-state index in [2.05, 4.69) is 27.1 Å². The van der Waals surface area contributed by atoms with E-state index in [9.17, 15) is 9.59 Å². The van der Waals surface area contributed by atoms with E-state index in [0.29, 0.717) is 35.1 Å². The Bertz CT molecular complexity index is 957. The van der Waals surface area contributed by atoms with E-state index in [1.807, 2.05) is 12.1 Å². The molecule has 1 N–H and O–H groups in total. The van der Waals surface area contributed by atoms with Gasteiger partial charge in [-0.15, -0.1) is 0 Å². The lowest BCUT2D eigenvalue weighted by molar-refractivity contribution is -0.125. The second-order valence-corrected chi connectivity index (χ2v) is 9.22. The number of benzene rings is 1. The van der Waals surface area contributed by atoms with Crippen LogP contribution in [0.2, 0.25) is 10.0 Å². The zero-order valence-corrected chi connectivity index (χ0v) is 19.6. The fourth-order valence-corrected chi connectivity index (χ4v) is 4.70. The van der Waals surface area contributed by atoms with Gasteiger partial charge < -0.3 is 20.0 Å². The minimum Gasteiger partial charge on any atom is -0.354 e. The van der Waals surface area contributed by atoms with Crippen molar-refractivity contribution in [1.29, 1.82) is 0 Å². The molecule has 2 amide bonds. The number of carbonyl (C=O) groups is 2. The maximum atomic E-state index is 13.0. The molecule has 2 saturated heterocycles. The number of aromatic nitrogens is 1. The molecule has 9 heteroatoms. The number of halogens is 2. The zero-order chi connectivity index (χ0) is 22.7. The highest BCUT2D eigenvalue weighted by Crippen LogP contribution is 2.24. The smallest absolute Gasteiger partial charge is 0.254 e. The quantitative estimate of drug-likeness (QED) is 0.719. The molecule has 1 aromatic carbocycles. The van der Waals surface area contributed by atoms with E-state index < -0.39 is 6.04 Å². The molecule has 1 unspecified atom stereocenters. The molecule has 7 nitrogen and oxygen atoms in total. The summed E-state index contributed by atoms with van der Waals surface area (Å²) in [6.07, 6.45) is 3.21. The van der Waals surface area contributed by atoms with E-state index in [4.69, 9.17) is 23.2 Å². The lowest BCUT2D eigenvalue weighted by atomic mass is 10.1. The van der Waals surface area contributed by atoms with Crippen molar-refractivity contribution in [3.8, 4) is 0 Å². The van der Waals surface area contributed by atoms with E-state index >= 15 is 0 Å². The van der Waals surface area contributed by atoms with Crippen molar-refractivity contribution in [2.24, 2.45) is 0 Å². The van der Waals surface area contributed by atoms with Gasteiger partial charge >= 0.3 is 0 Å².